The molecule has 52 valence electrons. The molecule has 0 saturated heterocycles. The summed E-state index contributed by atoms with van der Waals surface area (Å²) in [6.45, 7) is 0. The van der Waals surface area contributed by atoms with Crippen molar-refractivity contribution in [1.29, 1.82) is 0 Å². The maximum atomic E-state index is 8.88. The van der Waals surface area contributed by atoms with Gasteiger partial charge in [0.1, 0.15) is 0 Å². The van der Waals surface area contributed by atoms with Crippen LogP contribution >= 0.6 is 7.82 Å². The zero-order chi connectivity index (χ0) is 4.50. The van der Waals surface area contributed by atoms with Gasteiger partial charge in [0.25, 0.3) is 0 Å². The van der Waals surface area contributed by atoms with Crippen molar-refractivity contribution >= 4 is 45.5 Å². The van der Waals surface area contributed by atoms with Gasteiger partial charge in [0.05, 0.1) is 0 Å². The first-order valence-corrected chi connectivity index (χ1v) is 2.35. The molecule has 0 unspecified atom stereocenters. The molecule has 9 heavy (non-hydrogen) atoms. The monoisotopic (exact) mass is 186 g/mol. The van der Waals surface area contributed by atoms with Gasteiger partial charge in [-0.15, -0.1) is 0 Å². The number of hydrogen-bond donors (Lipinski definition) is 3. The van der Waals surface area contributed by atoms with Gasteiger partial charge < -0.3 is 14.7 Å². The molecule has 0 aliphatic rings. The molecule has 3 N–H and O–H groups in total. The van der Waals surface area contributed by atoms with Gasteiger partial charge in [-0.1, -0.05) is 7.43 Å². The number of phosphoric acid groups is 1. The minimum absolute atomic E-state index is 0. The average Bonchev–Trinajstić information content (AvgIpc) is 0.722. The molecule has 0 aromatic heterocycles. The quantitative estimate of drug-likeness (QED) is 0.314. The van der Waals surface area contributed by atoms with E-state index in [1.165, 1.54) is 0 Å². The van der Waals surface area contributed by atoms with E-state index in [4.69, 9.17) is 19.2 Å². The van der Waals surface area contributed by atoms with Crippen LogP contribution in [0.5, 0.6) is 0 Å². The Morgan fingerprint density at radius 2 is 1.00 bits per heavy atom. The molecule has 0 aromatic rings. The van der Waals surface area contributed by atoms with Crippen molar-refractivity contribution in [2.24, 2.45) is 0 Å². The summed E-state index contributed by atoms with van der Waals surface area (Å²) in [5, 5.41) is 0. The third-order valence-electron chi connectivity index (χ3n) is 0. The fraction of sp³-hybridized carbons (Fsp3) is 1.00. The van der Waals surface area contributed by atoms with Gasteiger partial charge in [-0.05, 0) is 0 Å². The van der Waals surface area contributed by atoms with E-state index in [9.17, 15) is 0 Å². The van der Waals surface area contributed by atoms with E-state index in [2.05, 4.69) is 0 Å². The van der Waals surface area contributed by atoms with Crippen molar-refractivity contribution in [1.82, 2.24) is 0 Å². The van der Waals surface area contributed by atoms with Crippen molar-refractivity contribution in [2.45, 2.75) is 7.43 Å². The summed E-state index contributed by atoms with van der Waals surface area (Å²) in [7, 11) is -4.64. The Labute approximate surface area is 88.9 Å². The molecule has 8 heteroatoms. The summed E-state index contributed by atoms with van der Waals surface area (Å²) in [6, 6.07) is 0. The van der Waals surface area contributed by atoms with Crippen LogP contribution in [0.25, 0.3) is 0 Å². The summed E-state index contributed by atoms with van der Waals surface area (Å²) in [4.78, 5) is 21.6. The molecule has 0 aliphatic carbocycles. The molecule has 4 nitrogen and oxygen atoms in total. The van der Waals surface area contributed by atoms with E-state index < -0.39 is 7.82 Å². The second kappa shape index (κ2) is 12.5. The molecular weight excluding hydrogens is 177 g/mol. The first-order valence-electron chi connectivity index (χ1n) is 0.783. The van der Waals surface area contributed by atoms with Gasteiger partial charge in [0, 0.05) is 17.1 Å². The van der Waals surface area contributed by atoms with Gasteiger partial charge in [-0.2, -0.15) is 0 Å². The first-order chi connectivity index (χ1) is 2.00. The van der Waals surface area contributed by atoms with Crippen LogP contribution in [0.3, 0.4) is 0 Å². The van der Waals surface area contributed by atoms with Crippen LogP contribution in [0, 0.1) is 0 Å². The zero-order valence-corrected chi connectivity index (χ0v) is 4.55. The fourth-order valence-corrected chi connectivity index (χ4v) is 0. The zero-order valence-electron chi connectivity index (χ0n) is 2.55. The second-order valence-electron chi connectivity index (χ2n) is 0.513. The van der Waals surface area contributed by atoms with Crippen molar-refractivity contribution in [2.75, 3.05) is 0 Å². The van der Waals surface area contributed by atoms with Gasteiger partial charge in [-0.25, -0.2) is 4.57 Å². The molecule has 0 heterocycles. The summed E-state index contributed by atoms with van der Waals surface area (Å²) in [6.07, 6.45) is 0. The average molecular weight is 186 g/mol. The van der Waals surface area contributed by atoms with Gasteiger partial charge in [0.2, 0.25) is 0 Å². The van der Waals surface area contributed by atoms with Crippen LogP contribution in [0.1, 0.15) is 7.43 Å². The van der Waals surface area contributed by atoms with Gasteiger partial charge in [0.15, 0.2) is 0 Å². The van der Waals surface area contributed by atoms with Crippen molar-refractivity contribution in [3.8, 4) is 0 Å². The minimum atomic E-state index is -4.64. The molecule has 0 bridgehead atoms. The second-order valence-corrected chi connectivity index (χ2v) is 1.54. The van der Waals surface area contributed by atoms with Gasteiger partial charge in [-0.3, -0.25) is 0 Å². The summed E-state index contributed by atoms with van der Waals surface area (Å²) >= 11 is 0. The normalized spacial score (nSPS) is 6.56. The molecule has 0 fully saturated rings. The predicted octanol–water partition coefficient (Wildman–Crippen LogP) is -1.59. The van der Waals surface area contributed by atoms with Crippen LogP contribution in [0.15, 0.2) is 0 Å². The third-order valence-corrected chi connectivity index (χ3v) is 0. The Balaban J connectivity index is -0.0000000133. The van der Waals surface area contributed by atoms with E-state index >= 15 is 0 Å². The summed E-state index contributed by atoms with van der Waals surface area (Å²) < 4.78 is 8.88. The Hall–Kier alpha value is 1.82. The molecule has 0 saturated carbocycles. The first kappa shape index (κ1) is 30.8. The molecule has 0 aliphatic heterocycles. The van der Waals surface area contributed by atoms with Crippen LogP contribution < -0.4 is 0 Å². The standard InChI is InChI=1S/CH4.Fe.2Li.H3O4P.2H/c;;;;1-5(2,3)4;;/h1H4;;;;(H3,1,2,3,4);;. The Kier molecular flexibility index (Phi) is 42.8. The Morgan fingerprint density at radius 3 is 1.00 bits per heavy atom. The number of hydrogen-bond acceptors (Lipinski definition) is 1. The fourth-order valence-electron chi connectivity index (χ4n) is 0. The van der Waals surface area contributed by atoms with Crippen molar-refractivity contribution in [3.05, 3.63) is 0 Å². The third kappa shape index (κ3) is 181. The summed E-state index contributed by atoms with van der Waals surface area (Å²) in [5.74, 6) is 0. The SMILES string of the molecule is C.O=P(O)(O)O.[Fe].[LiH].[LiH]. The molecule has 0 spiro atoms. The summed E-state index contributed by atoms with van der Waals surface area (Å²) in [5.41, 5.74) is 0. The van der Waals surface area contributed by atoms with Crippen molar-refractivity contribution in [3.63, 3.8) is 0 Å². The van der Waals surface area contributed by atoms with E-state index in [1.807, 2.05) is 0 Å². The molecule has 0 aromatic carbocycles. The molecular formula is CH9FeLi2O4P. The van der Waals surface area contributed by atoms with Crippen LogP contribution in [0.4, 0.5) is 0 Å². The van der Waals surface area contributed by atoms with Gasteiger partial charge >= 0.3 is 45.5 Å². The van der Waals surface area contributed by atoms with E-state index in [0.29, 0.717) is 0 Å². The van der Waals surface area contributed by atoms with Crippen LogP contribution in [0.2, 0.25) is 0 Å². The van der Waals surface area contributed by atoms with E-state index in [1.54, 1.807) is 0 Å². The van der Waals surface area contributed by atoms with Crippen LogP contribution in [-0.2, 0) is 21.6 Å². The van der Waals surface area contributed by atoms with Crippen molar-refractivity contribution < 1.29 is 36.3 Å². The Morgan fingerprint density at radius 1 is 1.00 bits per heavy atom. The molecule has 0 rings (SSSR count). The molecule has 0 atom stereocenters. The molecule has 0 amide bonds. The van der Waals surface area contributed by atoms with E-state index in [-0.39, 0.29) is 62.2 Å². The topological polar surface area (TPSA) is 77.8 Å². The maximum absolute atomic E-state index is 8.88. The Bertz CT molecular complexity index is 64.7. The molecule has 0 radical (unpaired) electrons. The number of rotatable bonds is 0. The van der Waals surface area contributed by atoms with E-state index in [0.717, 1.165) is 0 Å². The predicted molar refractivity (Wildman–Crippen MR) is 35.3 cm³/mol. The van der Waals surface area contributed by atoms with Crippen LogP contribution in [-0.4, -0.2) is 52.4 Å².